The van der Waals surface area contributed by atoms with Gasteiger partial charge in [0, 0.05) is 39.1 Å². The number of halogens is 3. The minimum absolute atomic E-state index is 0.416. The predicted molar refractivity (Wildman–Crippen MR) is 133 cm³/mol. The van der Waals surface area contributed by atoms with E-state index in [0.717, 1.165) is 48.8 Å². The Morgan fingerprint density at radius 2 is 1.75 bits per heavy atom. The van der Waals surface area contributed by atoms with Crippen molar-refractivity contribution >= 4 is 5.95 Å². The Hall–Kier alpha value is -3.13. The molecular weight excluding hydrogens is 465 g/mol. The first-order valence-electron chi connectivity index (χ1n) is 12.5. The maximum absolute atomic E-state index is 13.2. The molecule has 5 nitrogen and oxygen atoms in total. The van der Waals surface area contributed by atoms with Crippen LogP contribution in [0.2, 0.25) is 0 Å². The molecule has 2 aliphatic rings. The molecule has 2 aliphatic heterocycles. The minimum Gasteiger partial charge on any atom is -0.439 e. The standard InChI is InChI=1S/C28H31F3N4O/c1-19-6-8-23(9-7-19)36-26-24-18-34(17-21-4-3-5-22(16-21)28(29,30)31)13-12-25(24)32-27(33-26)35-14-10-20(2)11-15-35/h3-9,16,20H,10-15,17-18H2,1-2H3. The van der Waals surface area contributed by atoms with Crippen LogP contribution in [0.1, 0.15) is 47.7 Å². The number of piperidine rings is 1. The van der Waals surface area contributed by atoms with Gasteiger partial charge in [-0.1, -0.05) is 42.8 Å². The van der Waals surface area contributed by atoms with Crippen LogP contribution in [0, 0.1) is 12.8 Å². The third-order valence-electron chi connectivity index (χ3n) is 7.05. The zero-order valence-corrected chi connectivity index (χ0v) is 20.7. The molecule has 0 aliphatic carbocycles. The number of hydrogen-bond acceptors (Lipinski definition) is 5. The fraction of sp³-hybridized carbons (Fsp3) is 0.429. The lowest BCUT2D eigenvalue weighted by molar-refractivity contribution is -0.137. The number of ether oxygens (including phenoxy) is 1. The number of aromatic nitrogens is 2. The van der Waals surface area contributed by atoms with Crippen LogP contribution in [0.25, 0.3) is 0 Å². The zero-order chi connectivity index (χ0) is 25.3. The number of anilines is 1. The molecule has 0 spiro atoms. The molecule has 8 heteroatoms. The van der Waals surface area contributed by atoms with Crippen molar-refractivity contribution in [3.63, 3.8) is 0 Å². The van der Waals surface area contributed by atoms with Gasteiger partial charge in [-0.05, 0) is 49.4 Å². The summed E-state index contributed by atoms with van der Waals surface area (Å²) in [6, 6.07) is 13.4. The Labute approximate surface area is 209 Å². The Morgan fingerprint density at radius 3 is 2.47 bits per heavy atom. The van der Waals surface area contributed by atoms with Crippen molar-refractivity contribution in [1.29, 1.82) is 0 Å². The molecule has 0 unspecified atom stereocenters. The number of hydrogen-bond donors (Lipinski definition) is 0. The fourth-order valence-electron chi connectivity index (χ4n) is 4.82. The molecule has 1 fully saturated rings. The third-order valence-corrected chi connectivity index (χ3v) is 7.05. The number of fused-ring (bicyclic) bond motifs is 1. The molecule has 0 bridgehead atoms. The second-order valence-electron chi connectivity index (χ2n) is 10.00. The van der Waals surface area contributed by atoms with E-state index in [9.17, 15) is 13.2 Å². The molecule has 0 saturated carbocycles. The lowest BCUT2D eigenvalue weighted by Crippen LogP contribution is -2.36. The second kappa shape index (κ2) is 10.1. The Kier molecular flexibility index (Phi) is 6.88. The van der Waals surface area contributed by atoms with Crippen molar-refractivity contribution in [2.75, 3.05) is 24.5 Å². The summed E-state index contributed by atoms with van der Waals surface area (Å²) in [7, 11) is 0. The molecule has 1 saturated heterocycles. The predicted octanol–water partition coefficient (Wildman–Crippen LogP) is 6.39. The fourth-order valence-corrected chi connectivity index (χ4v) is 4.82. The second-order valence-corrected chi connectivity index (χ2v) is 10.00. The largest absolute Gasteiger partial charge is 0.439 e. The average molecular weight is 497 g/mol. The minimum atomic E-state index is -4.35. The first-order valence-corrected chi connectivity index (χ1v) is 12.5. The number of nitrogens with zero attached hydrogens (tertiary/aromatic N) is 4. The molecule has 0 radical (unpaired) electrons. The molecule has 0 amide bonds. The normalized spacial score (nSPS) is 17.2. The van der Waals surface area contributed by atoms with Gasteiger partial charge in [-0.2, -0.15) is 18.2 Å². The first kappa shape index (κ1) is 24.6. The smallest absolute Gasteiger partial charge is 0.416 e. The summed E-state index contributed by atoms with van der Waals surface area (Å²) in [5, 5.41) is 0. The van der Waals surface area contributed by atoms with E-state index in [0.29, 0.717) is 55.1 Å². The molecular formula is C28H31F3N4O. The van der Waals surface area contributed by atoms with Gasteiger partial charge in [0.2, 0.25) is 11.8 Å². The van der Waals surface area contributed by atoms with Crippen LogP contribution in [-0.2, 0) is 25.7 Å². The molecule has 2 aromatic carbocycles. The number of rotatable bonds is 5. The van der Waals surface area contributed by atoms with E-state index >= 15 is 0 Å². The first-order chi connectivity index (χ1) is 17.2. The molecule has 5 rings (SSSR count). The van der Waals surface area contributed by atoms with E-state index in [-0.39, 0.29) is 0 Å². The van der Waals surface area contributed by atoms with Crippen molar-refractivity contribution < 1.29 is 17.9 Å². The van der Waals surface area contributed by atoms with E-state index in [1.807, 2.05) is 31.2 Å². The average Bonchev–Trinajstić information content (AvgIpc) is 2.86. The van der Waals surface area contributed by atoms with E-state index in [2.05, 4.69) is 16.7 Å². The molecule has 190 valence electrons. The van der Waals surface area contributed by atoms with Crippen LogP contribution >= 0.6 is 0 Å². The number of benzene rings is 2. The van der Waals surface area contributed by atoms with E-state index in [4.69, 9.17) is 14.7 Å². The Bertz CT molecular complexity index is 1200. The van der Waals surface area contributed by atoms with Crippen molar-refractivity contribution in [2.24, 2.45) is 5.92 Å². The molecule has 1 aromatic heterocycles. The van der Waals surface area contributed by atoms with Gasteiger partial charge in [0.1, 0.15) is 5.75 Å². The lowest BCUT2D eigenvalue weighted by atomic mass is 9.99. The highest BCUT2D eigenvalue weighted by Crippen LogP contribution is 2.34. The number of alkyl halides is 3. The topological polar surface area (TPSA) is 41.5 Å². The van der Waals surface area contributed by atoms with E-state index < -0.39 is 11.7 Å². The third kappa shape index (κ3) is 5.64. The quantitative estimate of drug-likeness (QED) is 0.409. The van der Waals surface area contributed by atoms with E-state index in [1.165, 1.54) is 12.1 Å². The van der Waals surface area contributed by atoms with Gasteiger partial charge in [0.15, 0.2) is 0 Å². The summed E-state index contributed by atoms with van der Waals surface area (Å²) in [5.74, 6) is 2.64. The van der Waals surface area contributed by atoms with Crippen LogP contribution in [0.4, 0.5) is 19.1 Å². The van der Waals surface area contributed by atoms with Crippen molar-refractivity contribution in [2.45, 2.75) is 52.4 Å². The SMILES string of the molecule is Cc1ccc(Oc2nc(N3CCC(C)CC3)nc3c2CN(Cc2cccc(C(F)(F)F)c2)CC3)cc1. The summed E-state index contributed by atoms with van der Waals surface area (Å²) in [6.07, 6.45) is -1.44. The van der Waals surface area contributed by atoms with Gasteiger partial charge >= 0.3 is 6.18 Å². The highest BCUT2D eigenvalue weighted by Gasteiger charge is 2.31. The lowest BCUT2D eigenvalue weighted by Gasteiger charge is -2.33. The van der Waals surface area contributed by atoms with Crippen LogP contribution in [0.15, 0.2) is 48.5 Å². The summed E-state index contributed by atoms with van der Waals surface area (Å²) in [5.41, 5.74) is 3.02. The van der Waals surface area contributed by atoms with Gasteiger partial charge < -0.3 is 9.64 Å². The van der Waals surface area contributed by atoms with Gasteiger partial charge in [0.25, 0.3) is 0 Å². The maximum Gasteiger partial charge on any atom is 0.416 e. The summed E-state index contributed by atoms with van der Waals surface area (Å²) in [6.45, 7) is 7.79. The summed E-state index contributed by atoms with van der Waals surface area (Å²) >= 11 is 0. The molecule has 36 heavy (non-hydrogen) atoms. The van der Waals surface area contributed by atoms with Crippen LogP contribution < -0.4 is 9.64 Å². The molecule has 0 N–H and O–H groups in total. The van der Waals surface area contributed by atoms with Crippen molar-refractivity contribution in [1.82, 2.24) is 14.9 Å². The molecule has 3 heterocycles. The Morgan fingerprint density at radius 1 is 1.00 bits per heavy atom. The van der Waals surface area contributed by atoms with Gasteiger partial charge in [-0.25, -0.2) is 4.98 Å². The zero-order valence-electron chi connectivity index (χ0n) is 20.7. The monoisotopic (exact) mass is 496 g/mol. The van der Waals surface area contributed by atoms with E-state index in [1.54, 1.807) is 6.07 Å². The molecule has 0 atom stereocenters. The summed E-state index contributed by atoms with van der Waals surface area (Å²) in [4.78, 5) is 14.1. The maximum atomic E-state index is 13.2. The highest BCUT2D eigenvalue weighted by molar-refractivity contribution is 5.44. The van der Waals surface area contributed by atoms with Crippen LogP contribution in [0.3, 0.4) is 0 Å². The molecule has 3 aromatic rings. The van der Waals surface area contributed by atoms with Gasteiger partial charge in [0.05, 0.1) is 16.8 Å². The van der Waals surface area contributed by atoms with Gasteiger partial charge in [-0.15, -0.1) is 0 Å². The van der Waals surface area contributed by atoms with Crippen molar-refractivity contribution in [3.05, 3.63) is 76.5 Å². The van der Waals surface area contributed by atoms with Crippen LogP contribution in [-0.4, -0.2) is 34.5 Å². The Balaban J connectivity index is 1.42. The van der Waals surface area contributed by atoms with Crippen molar-refractivity contribution in [3.8, 4) is 11.6 Å². The highest BCUT2D eigenvalue weighted by atomic mass is 19.4. The van der Waals surface area contributed by atoms with Gasteiger partial charge in [-0.3, -0.25) is 4.90 Å². The van der Waals surface area contributed by atoms with Crippen LogP contribution in [0.5, 0.6) is 11.6 Å². The number of aryl methyl sites for hydroxylation is 1. The summed E-state index contributed by atoms with van der Waals surface area (Å²) < 4.78 is 45.9.